The Morgan fingerprint density at radius 2 is 0.429 bits per heavy atom. The van der Waals surface area contributed by atoms with Crippen molar-refractivity contribution in [1.29, 1.82) is 0 Å². The molecule has 0 spiro atoms. The Hall–Kier alpha value is -3.55. The van der Waals surface area contributed by atoms with Gasteiger partial charge in [0.15, 0.2) is 0 Å². The number of aryl methyl sites for hydroxylation is 4. The van der Waals surface area contributed by atoms with Crippen molar-refractivity contribution in [1.82, 2.24) is 0 Å². The molecule has 0 aromatic heterocycles. The Kier molecular flexibility index (Phi) is 18.6. The van der Waals surface area contributed by atoms with Crippen LogP contribution in [0.25, 0.3) is 65.3 Å². The van der Waals surface area contributed by atoms with Gasteiger partial charge in [-0.2, -0.15) is 0 Å². The summed E-state index contributed by atoms with van der Waals surface area (Å²) in [6.45, 7) is 30.3. The summed E-state index contributed by atoms with van der Waals surface area (Å²) in [7, 11) is -6.00. The minimum atomic E-state index is -1.50. The summed E-state index contributed by atoms with van der Waals surface area (Å²) in [4.78, 5) is 0. The van der Waals surface area contributed by atoms with Crippen LogP contribution in [0.15, 0.2) is 109 Å². The zero-order chi connectivity index (χ0) is 50.1. The van der Waals surface area contributed by atoms with Crippen molar-refractivity contribution >= 4 is 75.4 Å². The Morgan fingerprint density at radius 1 is 0.243 bits per heavy atom. The SMILES string of the molecule is CC[Si](CC)(CC)CCc1c2ccccc2c(CC[Si](CC)(CC)CC)c2c(-c3ccccc3)c3c(CC[Si](CC)(CC)CC)c4ccccc4c(CC[Si](CC)(CC)CC)c3c(-c3ccccc3)c12. The van der Waals surface area contributed by atoms with Gasteiger partial charge in [-0.1, -0.05) is 289 Å². The second kappa shape index (κ2) is 24.0. The van der Waals surface area contributed by atoms with Crippen molar-refractivity contribution in [2.24, 2.45) is 0 Å². The minimum Gasteiger partial charge on any atom is -0.0678 e. The summed E-state index contributed by atoms with van der Waals surface area (Å²) in [5.41, 5.74) is 12.5. The van der Waals surface area contributed by atoms with E-state index in [0.717, 1.165) is 25.7 Å². The molecule has 7 aromatic carbocycles. The van der Waals surface area contributed by atoms with E-state index in [1.54, 1.807) is 54.9 Å². The summed E-state index contributed by atoms with van der Waals surface area (Å²) < 4.78 is 0. The maximum Gasteiger partial charge on any atom is 0.0530 e. The highest BCUT2D eigenvalue weighted by atomic mass is 28.3. The number of rotatable bonds is 26. The molecule has 0 N–H and O–H groups in total. The highest BCUT2D eigenvalue weighted by molar-refractivity contribution is 6.81. The number of hydrogen-bond acceptors (Lipinski definition) is 0. The largest absolute Gasteiger partial charge is 0.0678 e. The van der Waals surface area contributed by atoms with Crippen LogP contribution >= 0.6 is 0 Å². The van der Waals surface area contributed by atoms with Gasteiger partial charge in [-0.3, -0.25) is 0 Å². The van der Waals surface area contributed by atoms with Gasteiger partial charge in [0.2, 0.25) is 0 Å². The summed E-state index contributed by atoms with van der Waals surface area (Å²) in [6, 6.07) is 65.5. The molecule has 0 aliphatic rings. The van der Waals surface area contributed by atoms with E-state index in [2.05, 4.69) is 192 Å². The van der Waals surface area contributed by atoms with Crippen molar-refractivity contribution in [3.8, 4) is 22.3 Å². The molecule has 0 atom stereocenters. The standard InChI is InChI=1S/C66H94Si4/c1-13-67(14-2,15-3)47-43-57-53-39-31-32-40-54(53)58(44-48-68(16-4,17-5)18-6)64-62(52-37-29-26-30-38-52)66-60(46-50-70(22-10,23-11)24-12)56-42-34-33-41-55(56)59(45-49-69(19-7,20-8)21-9)65(66)61(63(57)64)51-35-27-25-28-36-51/h25-42H,13-24,43-50H2,1-12H3. The van der Waals surface area contributed by atoms with E-state index in [0.29, 0.717) is 0 Å². The van der Waals surface area contributed by atoms with Gasteiger partial charge >= 0.3 is 0 Å². The summed E-state index contributed by atoms with van der Waals surface area (Å²) in [5, 5.41) is 12.5. The quantitative estimate of drug-likeness (QED) is 0.0375. The number of hydrogen-bond donors (Lipinski definition) is 0. The first-order chi connectivity index (χ1) is 34.0. The third-order valence-electron chi connectivity index (χ3n) is 20.6. The van der Waals surface area contributed by atoms with Gasteiger partial charge in [0.25, 0.3) is 0 Å². The highest BCUT2D eigenvalue weighted by Crippen LogP contribution is 2.54. The van der Waals surface area contributed by atoms with E-state index in [4.69, 9.17) is 0 Å². The smallest absolute Gasteiger partial charge is 0.0530 e. The van der Waals surface area contributed by atoms with Crippen LogP contribution < -0.4 is 0 Å². The predicted octanol–water partition coefficient (Wildman–Crippen LogP) is 21.8. The molecule has 0 bridgehead atoms. The lowest BCUT2D eigenvalue weighted by Gasteiger charge is -2.33. The van der Waals surface area contributed by atoms with Gasteiger partial charge in [0.1, 0.15) is 0 Å². The second-order valence-corrected chi connectivity index (χ2v) is 44.7. The fourth-order valence-electron chi connectivity index (χ4n) is 14.0. The number of benzene rings is 7. The van der Waals surface area contributed by atoms with Gasteiger partial charge in [0, 0.05) is 0 Å². The lowest BCUT2D eigenvalue weighted by Crippen LogP contribution is -2.32. The average molecular weight is 1000 g/mol. The lowest BCUT2D eigenvalue weighted by atomic mass is 9.75. The van der Waals surface area contributed by atoms with E-state index in [9.17, 15) is 0 Å². The minimum absolute atomic E-state index is 1.15. The Bertz CT molecular complexity index is 2430. The van der Waals surface area contributed by atoms with Crippen molar-refractivity contribution in [3.63, 3.8) is 0 Å². The zero-order valence-corrected chi connectivity index (χ0v) is 50.5. The molecular formula is C66H94Si4. The normalized spacial score (nSPS) is 12.9. The topological polar surface area (TPSA) is 0 Å². The van der Waals surface area contributed by atoms with Gasteiger partial charge in [-0.15, -0.1) is 0 Å². The van der Waals surface area contributed by atoms with Gasteiger partial charge in [-0.25, -0.2) is 0 Å². The van der Waals surface area contributed by atoms with E-state index in [1.165, 1.54) is 129 Å². The molecular weight excluding hydrogens is 905 g/mol. The zero-order valence-electron chi connectivity index (χ0n) is 46.5. The third kappa shape index (κ3) is 10.3. The molecule has 0 saturated carbocycles. The molecule has 0 radical (unpaired) electrons. The Balaban J connectivity index is 1.86. The molecule has 0 aliphatic carbocycles. The van der Waals surface area contributed by atoms with Crippen LogP contribution in [0.3, 0.4) is 0 Å². The Morgan fingerprint density at radius 3 is 0.614 bits per heavy atom. The molecule has 0 nitrogen and oxygen atoms in total. The molecule has 7 rings (SSSR count). The van der Waals surface area contributed by atoms with Crippen molar-refractivity contribution in [3.05, 3.63) is 131 Å². The van der Waals surface area contributed by atoms with Crippen LogP contribution in [0.1, 0.15) is 105 Å². The van der Waals surface area contributed by atoms with E-state index in [1.807, 2.05) is 0 Å². The molecule has 0 fully saturated rings. The third-order valence-corrected chi connectivity index (χ3v) is 43.9. The first-order valence-electron chi connectivity index (χ1n) is 29.0. The predicted molar refractivity (Wildman–Crippen MR) is 330 cm³/mol. The van der Waals surface area contributed by atoms with Crippen LogP contribution in [0, 0.1) is 0 Å². The molecule has 4 heteroatoms. The summed E-state index contributed by atoms with van der Waals surface area (Å²) >= 11 is 0. The van der Waals surface area contributed by atoms with E-state index < -0.39 is 32.3 Å². The molecule has 70 heavy (non-hydrogen) atoms. The summed E-state index contributed by atoms with van der Waals surface area (Å²) in [5.74, 6) is 0. The van der Waals surface area contributed by atoms with Crippen molar-refractivity contribution in [2.45, 2.75) is 205 Å². The van der Waals surface area contributed by atoms with Gasteiger partial charge in [0.05, 0.1) is 32.3 Å². The van der Waals surface area contributed by atoms with Crippen LogP contribution in [0.2, 0.25) is 96.7 Å². The van der Waals surface area contributed by atoms with E-state index in [-0.39, 0.29) is 0 Å². The fourth-order valence-corrected chi connectivity index (χ4v) is 27.4. The molecule has 0 heterocycles. The molecule has 7 aromatic rings. The van der Waals surface area contributed by atoms with Crippen LogP contribution in [0.5, 0.6) is 0 Å². The van der Waals surface area contributed by atoms with Gasteiger partial charge < -0.3 is 0 Å². The van der Waals surface area contributed by atoms with Crippen LogP contribution in [-0.4, -0.2) is 32.3 Å². The second-order valence-electron chi connectivity index (χ2n) is 22.2. The fraction of sp³-hybridized carbons (Fsp3) is 0.485. The summed E-state index contributed by atoms with van der Waals surface area (Å²) in [6.07, 6.45) is 4.62. The first-order valence-corrected chi connectivity index (χ1v) is 40.3. The number of fused-ring (bicyclic) bond motifs is 4. The van der Waals surface area contributed by atoms with Crippen LogP contribution in [0.4, 0.5) is 0 Å². The maximum absolute atomic E-state index is 2.56. The monoisotopic (exact) mass is 999 g/mol. The lowest BCUT2D eigenvalue weighted by molar-refractivity contribution is 1.02. The maximum atomic E-state index is 2.56. The van der Waals surface area contributed by atoms with Crippen LogP contribution in [-0.2, 0) is 25.7 Å². The first kappa shape index (κ1) is 54.2. The van der Waals surface area contributed by atoms with Crippen molar-refractivity contribution < 1.29 is 0 Å². The van der Waals surface area contributed by atoms with E-state index >= 15 is 0 Å². The molecule has 0 saturated heterocycles. The Labute approximate surface area is 431 Å². The molecule has 0 aliphatic heterocycles. The molecule has 374 valence electrons. The van der Waals surface area contributed by atoms with Crippen molar-refractivity contribution in [2.75, 3.05) is 0 Å². The highest BCUT2D eigenvalue weighted by Gasteiger charge is 2.35. The van der Waals surface area contributed by atoms with Gasteiger partial charge in [-0.05, 0) is 113 Å². The molecule has 0 amide bonds. The molecule has 0 unspecified atom stereocenters. The average Bonchev–Trinajstić information content (AvgIpc) is 3.43.